The van der Waals surface area contributed by atoms with Crippen molar-refractivity contribution in [1.29, 1.82) is 0 Å². The van der Waals surface area contributed by atoms with Crippen LogP contribution in [0, 0.1) is 5.82 Å². The van der Waals surface area contributed by atoms with Crippen LogP contribution in [0.2, 0.25) is 0 Å². The maximum absolute atomic E-state index is 16.0. The second kappa shape index (κ2) is 11.9. The number of nitrogens with one attached hydrogen (secondary N) is 1. The summed E-state index contributed by atoms with van der Waals surface area (Å²) < 4.78 is 23.1. The van der Waals surface area contributed by atoms with Crippen LogP contribution in [-0.4, -0.2) is 76.8 Å². The predicted molar refractivity (Wildman–Crippen MR) is 174 cm³/mol. The minimum Gasteiger partial charge on any atom is -0.444 e. The maximum atomic E-state index is 16.0. The van der Waals surface area contributed by atoms with Gasteiger partial charge in [-0.15, -0.1) is 5.10 Å². The van der Waals surface area contributed by atoms with Crippen molar-refractivity contribution < 1.29 is 18.7 Å². The number of amides is 2. The summed E-state index contributed by atoms with van der Waals surface area (Å²) in [4.78, 5) is 39.8. The Morgan fingerprint density at radius 1 is 1.04 bits per heavy atom. The first kappa shape index (κ1) is 30.0. The number of piperidine rings is 1. The molecule has 6 aromatic rings. The Morgan fingerprint density at radius 3 is 2.70 bits per heavy atom. The molecule has 5 heterocycles. The van der Waals surface area contributed by atoms with Crippen LogP contribution in [0.15, 0.2) is 79.4 Å². The molecule has 2 amide bonds. The summed E-state index contributed by atoms with van der Waals surface area (Å²) in [6.45, 7) is 6.11. The molecule has 1 saturated heterocycles. The van der Waals surface area contributed by atoms with Crippen molar-refractivity contribution in [2.45, 2.75) is 45.3 Å². The summed E-state index contributed by atoms with van der Waals surface area (Å²) in [5.74, 6) is -0.942. The van der Waals surface area contributed by atoms with Crippen molar-refractivity contribution in [3.05, 3.63) is 90.8 Å². The number of ether oxygens (including phenoxy) is 1. The number of rotatable bonds is 5. The molecule has 1 aliphatic rings. The molecular weight excluding hydrogens is 601 g/mol. The molecule has 4 aromatic heterocycles. The highest BCUT2D eigenvalue weighted by Gasteiger charge is 2.36. The molecule has 12 nitrogen and oxygen atoms in total. The van der Waals surface area contributed by atoms with Gasteiger partial charge in [-0.3, -0.25) is 14.8 Å². The normalized spacial score (nSPS) is 15.2. The van der Waals surface area contributed by atoms with Crippen molar-refractivity contribution in [2.24, 2.45) is 0 Å². The van der Waals surface area contributed by atoms with Crippen LogP contribution in [0.25, 0.3) is 38.8 Å². The van der Waals surface area contributed by atoms with Gasteiger partial charge in [0, 0.05) is 48.7 Å². The van der Waals surface area contributed by atoms with Crippen molar-refractivity contribution in [3.63, 3.8) is 0 Å². The van der Waals surface area contributed by atoms with Gasteiger partial charge >= 0.3 is 6.09 Å². The molecule has 0 radical (unpaired) electrons. The zero-order valence-electron chi connectivity index (χ0n) is 26.1. The first-order chi connectivity index (χ1) is 22.7. The smallest absolute Gasteiger partial charge is 0.410 e. The molecular formula is C34H32FN9O3. The molecule has 1 N–H and O–H groups in total. The Bertz CT molecular complexity index is 2110. The van der Waals surface area contributed by atoms with Gasteiger partial charge in [0.05, 0.1) is 23.5 Å². The number of anilines is 1. The fraction of sp³-hybridized carbons (Fsp3) is 0.265. The third kappa shape index (κ3) is 5.87. The van der Waals surface area contributed by atoms with Gasteiger partial charge < -0.3 is 9.64 Å². The highest BCUT2D eigenvalue weighted by molar-refractivity contribution is 6.10. The minimum atomic E-state index is -0.737. The van der Waals surface area contributed by atoms with Crippen LogP contribution < -0.4 is 4.90 Å². The largest absolute Gasteiger partial charge is 0.444 e. The fourth-order valence-corrected chi connectivity index (χ4v) is 5.91. The first-order valence-electron chi connectivity index (χ1n) is 15.3. The second-order valence-electron chi connectivity index (χ2n) is 12.5. The maximum Gasteiger partial charge on any atom is 0.410 e. The second-order valence-corrected chi connectivity index (χ2v) is 12.5. The lowest BCUT2D eigenvalue weighted by Crippen LogP contribution is -2.53. The van der Waals surface area contributed by atoms with Crippen LogP contribution in [-0.2, 0) is 4.74 Å². The van der Waals surface area contributed by atoms with E-state index >= 15 is 4.39 Å². The van der Waals surface area contributed by atoms with Crippen LogP contribution in [0.3, 0.4) is 0 Å². The number of halogens is 1. The molecule has 238 valence electrons. The van der Waals surface area contributed by atoms with Gasteiger partial charge in [-0.2, -0.15) is 9.78 Å². The predicted octanol–water partition coefficient (Wildman–Crippen LogP) is 5.94. The number of likely N-dealkylation sites (tertiary alicyclic amines) is 1. The highest BCUT2D eigenvalue weighted by Crippen LogP contribution is 2.33. The molecule has 1 aliphatic heterocycles. The Morgan fingerprint density at radius 2 is 1.91 bits per heavy atom. The molecule has 0 bridgehead atoms. The van der Waals surface area contributed by atoms with E-state index in [2.05, 4.69) is 30.5 Å². The molecule has 0 unspecified atom stereocenters. The Balaban J connectivity index is 1.29. The molecule has 13 heteroatoms. The van der Waals surface area contributed by atoms with Gasteiger partial charge in [0.1, 0.15) is 22.8 Å². The van der Waals surface area contributed by atoms with E-state index in [0.29, 0.717) is 47.4 Å². The van der Waals surface area contributed by atoms with Crippen LogP contribution in [0.1, 0.15) is 44.0 Å². The molecule has 2 aromatic carbocycles. The standard InChI is InChI=1S/C34H32FN9O3/c1-34(2,3)47-33(46)42-15-5-6-25(20-42)43(30-26-10-8-21(23-18-38-39-19-23)16-22(26)12-14-37-30)32(45)27-11-9-24(17-28(27)35)44-31-29(40-41-44)7-4-13-36-31/h4,7-14,16-19,25H,5-6,15,20H2,1-3H3,(H,38,39)/t25-/m1/s1. The Labute approximate surface area is 269 Å². The number of carbonyl (C=O) groups is 2. The molecule has 0 saturated carbocycles. The van der Waals surface area contributed by atoms with Gasteiger partial charge in [0.2, 0.25) is 0 Å². The van der Waals surface area contributed by atoms with Crippen molar-refractivity contribution >= 4 is 39.8 Å². The average molecular weight is 634 g/mol. The number of hydrogen-bond acceptors (Lipinski definition) is 8. The minimum absolute atomic E-state index is 0.144. The van der Waals surface area contributed by atoms with E-state index in [-0.39, 0.29) is 12.1 Å². The van der Waals surface area contributed by atoms with E-state index < -0.39 is 29.5 Å². The zero-order valence-corrected chi connectivity index (χ0v) is 26.1. The van der Waals surface area contributed by atoms with E-state index in [0.717, 1.165) is 16.5 Å². The van der Waals surface area contributed by atoms with Gasteiger partial charge in [0.25, 0.3) is 5.91 Å². The number of pyridine rings is 2. The lowest BCUT2D eigenvalue weighted by atomic mass is 10.00. The Kier molecular flexibility index (Phi) is 7.58. The fourth-order valence-electron chi connectivity index (χ4n) is 5.91. The highest BCUT2D eigenvalue weighted by atomic mass is 19.1. The summed E-state index contributed by atoms with van der Waals surface area (Å²) >= 11 is 0. The van der Waals surface area contributed by atoms with Crippen molar-refractivity contribution in [1.82, 2.24) is 40.1 Å². The molecule has 7 rings (SSSR count). The molecule has 1 atom stereocenters. The number of fused-ring (bicyclic) bond motifs is 2. The molecule has 47 heavy (non-hydrogen) atoms. The van der Waals surface area contributed by atoms with Crippen LogP contribution in [0.5, 0.6) is 0 Å². The van der Waals surface area contributed by atoms with Crippen molar-refractivity contribution in [3.8, 4) is 16.8 Å². The number of aromatic nitrogens is 7. The molecule has 1 fully saturated rings. The number of carbonyl (C=O) groups excluding carboxylic acids is 2. The molecule has 0 spiro atoms. The Hall–Kier alpha value is -5.72. The first-order valence-corrected chi connectivity index (χ1v) is 15.3. The van der Waals surface area contributed by atoms with E-state index in [1.54, 1.807) is 47.9 Å². The van der Waals surface area contributed by atoms with Gasteiger partial charge in [-0.25, -0.2) is 19.2 Å². The van der Waals surface area contributed by atoms with E-state index in [9.17, 15) is 9.59 Å². The average Bonchev–Trinajstić information content (AvgIpc) is 3.75. The summed E-state index contributed by atoms with van der Waals surface area (Å²) in [5.41, 5.74) is 2.42. The number of nitrogens with zero attached hydrogens (tertiary/aromatic N) is 8. The van der Waals surface area contributed by atoms with Crippen LogP contribution in [0.4, 0.5) is 15.0 Å². The van der Waals surface area contributed by atoms with Gasteiger partial charge in [-0.1, -0.05) is 17.3 Å². The number of aromatic amines is 1. The quantitative estimate of drug-likeness (QED) is 0.247. The monoisotopic (exact) mass is 633 g/mol. The van der Waals surface area contributed by atoms with Crippen molar-refractivity contribution in [2.75, 3.05) is 18.0 Å². The summed E-state index contributed by atoms with van der Waals surface area (Å²) in [7, 11) is 0. The number of hydrogen-bond donors (Lipinski definition) is 1. The van der Waals surface area contributed by atoms with Gasteiger partial charge in [0.15, 0.2) is 5.65 Å². The topological polar surface area (TPSA) is 135 Å². The third-order valence-electron chi connectivity index (χ3n) is 8.07. The van der Waals surface area contributed by atoms with E-state index in [1.807, 2.05) is 45.0 Å². The molecule has 0 aliphatic carbocycles. The lowest BCUT2D eigenvalue weighted by molar-refractivity contribution is 0.0196. The zero-order chi connectivity index (χ0) is 32.7. The van der Waals surface area contributed by atoms with Gasteiger partial charge in [-0.05, 0) is 81.0 Å². The number of benzene rings is 2. The van der Waals surface area contributed by atoms with Crippen LogP contribution >= 0.6 is 0 Å². The SMILES string of the molecule is CC(C)(C)OC(=O)N1CCC[C@@H](N(C(=O)c2ccc(-n3nnc4cccnc43)cc2F)c2nccc3cc(-c4cn[nH]c4)ccc23)C1. The number of H-pyrrole nitrogens is 1. The summed E-state index contributed by atoms with van der Waals surface area (Å²) in [5, 5.41) is 16.7. The summed E-state index contributed by atoms with van der Waals surface area (Å²) in [6, 6.07) is 15.0. The third-order valence-corrected chi connectivity index (χ3v) is 8.07. The van der Waals surface area contributed by atoms with E-state index in [4.69, 9.17) is 4.74 Å². The van der Waals surface area contributed by atoms with E-state index in [1.165, 1.54) is 21.7 Å². The lowest BCUT2D eigenvalue weighted by Gasteiger charge is -2.39. The summed E-state index contributed by atoms with van der Waals surface area (Å²) in [6.07, 6.45) is 7.51.